The lowest BCUT2D eigenvalue weighted by Crippen LogP contribution is -2.32. The van der Waals surface area contributed by atoms with Gasteiger partial charge in [-0.2, -0.15) is 0 Å². The quantitative estimate of drug-likeness (QED) is 0.639. The standard InChI is InChI=1S/C23H24N4O/c1-26(22-13-7-11-19-10-5-6-12-21(19)22)23(28)15-14-20-17-27(25-24-20)16-18-8-3-2-4-9-18/h2-6,8-10,12,14-15,17,22H,7,11,13,16H2,1H3/b15-14+. The van der Waals surface area contributed by atoms with Gasteiger partial charge in [0.2, 0.25) is 5.91 Å². The van der Waals surface area contributed by atoms with Crippen LogP contribution in [0.3, 0.4) is 0 Å². The summed E-state index contributed by atoms with van der Waals surface area (Å²) in [6, 6.07) is 18.7. The van der Waals surface area contributed by atoms with Crippen LogP contribution in [0.2, 0.25) is 0 Å². The van der Waals surface area contributed by atoms with Gasteiger partial charge in [-0.3, -0.25) is 4.79 Å². The van der Waals surface area contributed by atoms with Gasteiger partial charge < -0.3 is 4.90 Å². The summed E-state index contributed by atoms with van der Waals surface area (Å²) in [6.45, 7) is 0.661. The molecule has 0 spiro atoms. The molecule has 1 amide bonds. The molecule has 1 atom stereocenters. The molecule has 3 aromatic rings. The van der Waals surface area contributed by atoms with Crippen molar-refractivity contribution in [2.24, 2.45) is 0 Å². The van der Waals surface area contributed by atoms with Crippen LogP contribution in [-0.2, 0) is 17.8 Å². The molecule has 0 radical (unpaired) electrons. The van der Waals surface area contributed by atoms with E-state index in [-0.39, 0.29) is 11.9 Å². The van der Waals surface area contributed by atoms with Crippen LogP contribution in [0.4, 0.5) is 0 Å². The van der Waals surface area contributed by atoms with Gasteiger partial charge in [-0.15, -0.1) is 5.10 Å². The van der Waals surface area contributed by atoms with Crippen molar-refractivity contribution >= 4 is 12.0 Å². The van der Waals surface area contributed by atoms with Gasteiger partial charge in [0, 0.05) is 13.1 Å². The lowest BCUT2D eigenvalue weighted by atomic mass is 9.87. The van der Waals surface area contributed by atoms with Crippen LogP contribution in [0.15, 0.2) is 66.9 Å². The van der Waals surface area contributed by atoms with Crippen LogP contribution in [0.5, 0.6) is 0 Å². The molecule has 0 saturated heterocycles. The minimum atomic E-state index is -0.0145. The van der Waals surface area contributed by atoms with Crippen molar-refractivity contribution in [1.29, 1.82) is 0 Å². The summed E-state index contributed by atoms with van der Waals surface area (Å²) in [6.07, 6.45) is 8.38. The maximum absolute atomic E-state index is 12.7. The van der Waals surface area contributed by atoms with Gasteiger partial charge in [0.1, 0.15) is 5.69 Å². The highest BCUT2D eigenvalue weighted by atomic mass is 16.2. The number of fused-ring (bicyclic) bond motifs is 1. The highest BCUT2D eigenvalue weighted by Gasteiger charge is 2.25. The van der Waals surface area contributed by atoms with E-state index in [0.29, 0.717) is 12.2 Å². The van der Waals surface area contributed by atoms with E-state index in [9.17, 15) is 4.79 Å². The van der Waals surface area contributed by atoms with Crippen molar-refractivity contribution in [1.82, 2.24) is 19.9 Å². The summed E-state index contributed by atoms with van der Waals surface area (Å²) in [7, 11) is 1.88. The van der Waals surface area contributed by atoms with Crippen molar-refractivity contribution < 1.29 is 4.79 Å². The molecule has 1 aliphatic carbocycles. The zero-order chi connectivity index (χ0) is 19.3. The number of nitrogens with zero attached hydrogens (tertiary/aromatic N) is 4. The first kappa shape index (κ1) is 18.2. The average molecular weight is 372 g/mol. The van der Waals surface area contributed by atoms with Crippen LogP contribution in [0.1, 0.15) is 41.3 Å². The fraction of sp³-hybridized carbons (Fsp3) is 0.261. The number of likely N-dealkylation sites (N-methyl/N-ethyl adjacent to an activating group) is 1. The smallest absolute Gasteiger partial charge is 0.246 e. The predicted molar refractivity (Wildman–Crippen MR) is 109 cm³/mol. The molecule has 0 fully saturated rings. The minimum Gasteiger partial charge on any atom is -0.335 e. The zero-order valence-electron chi connectivity index (χ0n) is 16.0. The molecule has 0 bridgehead atoms. The Morgan fingerprint density at radius 3 is 2.82 bits per heavy atom. The molecule has 28 heavy (non-hydrogen) atoms. The molecule has 0 saturated carbocycles. The number of benzene rings is 2. The molecular formula is C23H24N4O. The van der Waals surface area contributed by atoms with Gasteiger partial charge in [0.25, 0.3) is 0 Å². The molecule has 0 aliphatic heterocycles. The molecule has 4 rings (SSSR count). The summed E-state index contributed by atoms with van der Waals surface area (Å²) in [4.78, 5) is 14.5. The molecular weight excluding hydrogens is 348 g/mol. The second-order valence-electron chi connectivity index (χ2n) is 7.22. The summed E-state index contributed by atoms with van der Waals surface area (Å²) in [5.41, 5.74) is 4.47. The Kier molecular flexibility index (Phi) is 5.33. The van der Waals surface area contributed by atoms with Crippen molar-refractivity contribution in [3.05, 3.63) is 89.3 Å². The Hall–Kier alpha value is -3.21. The van der Waals surface area contributed by atoms with E-state index in [4.69, 9.17) is 0 Å². The van der Waals surface area contributed by atoms with E-state index in [1.165, 1.54) is 11.1 Å². The first-order chi connectivity index (χ1) is 13.7. The number of carbonyl (C=O) groups is 1. The van der Waals surface area contributed by atoms with Crippen molar-refractivity contribution in [2.75, 3.05) is 7.05 Å². The lowest BCUT2D eigenvalue weighted by molar-refractivity contribution is -0.127. The number of carbonyl (C=O) groups excluding carboxylic acids is 1. The van der Waals surface area contributed by atoms with Gasteiger partial charge in [-0.25, -0.2) is 4.68 Å². The van der Waals surface area contributed by atoms with Crippen molar-refractivity contribution in [3.8, 4) is 0 Å². The van der Waals surface area contributed by atoms with E-state index in [0.717, 1.165) is 24.8 Å². The molecule has 0 N–H and O–H groups in total. The lowest BCUT2D eigenvalue weighted by Gasteiger charge is -2.32. The summed E-state index contributed by atoms with van der Waals surface area (Å²) < 4.78 is 1.78. The van der Waals surface area contributed by atoms with Crippen molar-refractivity contribution in [2.45, 2.75) is 31.8 Å². The number of rotatable bonds is 5. The van der Waals surface area contributed by atoms with Gasteiger partial charge in [0.15, 0.2) is 0 Å². The van der Waals surface area contributed by atoms with E-state index in [1.807, 2.05) is 36.3 Å². The molecule has 1 aliphatic rings. The maximum atomic E-state index is 12.7. The number of aromatic nitrogens is 3. The molecule has 5 nitrogen and oxygen atoms in total. The summed E-state index contributed by atoms with van der Waals surface area (Å²) in [5, 5.41) is 8.29. The second kappa shape index (κ2) is 8.21. The average Bonchev–Trinajstić information content (AvgIpc) is 3.19. The fourth-order valence-corrected chi connectivity index (χ4v) is 3.80. The number of aryl methyl sites for hydroxylation is 1. The van der Waals surface area contributed by atoms with Crippen LogP contribution in [0.25, 0.3) is 6.08 Å². The summed E-state index contributed by atoms with van der Waals surface area (Å²) >= 11 is 0. The number of amides is 1. The maximum Gasteiger partial charge on any atom is 0.246 e. The van der Waals surface area contributed by atoms with E-state index in [2.05, 4.69) is 46.7 Å². The van der Waals surface area contributed by atoms with Crippen LogP contribution >= 0.6 is 0 Å². The highest BCUT2D eigenvalue weighted by Crippen LogP contribution is 2.33. The predicted octanol–water partition coefficient (Wildman–Crippen LogP) is 3.88. The molecule has 142 valence electrons. The van der Waals surface area contributed by atoms with E-state index < -0.39 is 0 Å². The molecule has 1 unspecified atom stereocenters. The summed E-state index contributed by atoms with van der Waals surface area (Å²) in [5.74, 6) is -0.0145. The largest absolute Gasteiger partial charge is 0.335 e. The Morgan fingerprint density at radius 2 is 1.96 bits per heavy atom. The minimum absolute atomic E-state index is 0.0145. The highest BCUT2D eigenvalue weighted by molar-refractivity contribution is 5.91. The van der Waals surface area contributed by atoms with Crippen LogP contribution in [0, 0.1) is 0 Å². The molecule has 2 aromatic carbocycles. The Balaban J connectivity index is 1.42. The topological polar surface area (TPSA) is 51.0 Å². The SMILES string of the molecule is CN(C(=O)/C=C/c1cn(Cc2ccccc2)nn1)C1CCCc2ccccc21. The van der Waals surface area contributed by atoms with Crippen LogP contribution in [-0.4, -0.2) is 32.8 Å². The normalized spacial score (nSPS) is 16.1. The Labute approximate surface area is 165 Å². The molecule has 5 heteroatoms. The van der Waals surface area contributed by atoms with Crippen molar-refractivity contribution in [3.63, 3.8) is 0 Å². The first-order valence-electron chi connectivity index (χ1n) is 9.67. The van der Waals surface area contributed by atoms with E-state index >= 15 is 0 Å². The van der Waals surface area contributed by atoms with Crippen LogP contribution < -0.4 is 0 Å². The third-order valence-corrected chi connectivity index (χ3v) is 5.29. The fourth-order valence-electron chi connectivity index (χ4n) is 3.80. The van der Waals surface area contributed by atoms with E-state index in [1.54, 1.807) is 16.8 Å². The monoisotopic (exact) mass is 372 g/mol. The zero-order valence-corrected chi connectivity index (χ0v) is 16.0. The Morgan fingerprint density at radius 1 is 1.18 bits per heavy atom. The third kappa shape index (κ3) is 4.03. The molecule has 1 heterocycles. The second-order valence-corrected chi connectivity index (χ2v) is 7.22. The number of hydrogen-bond acceptors (Lipinski definition) is 3. The third-order valence-electron chi connectivity index (χ3n) is 5.29. The first-order valence-corrected chi connectivity index (χ1v) is 9.67. The van der Waals surface area contributed by atoms with Gasteiger partial charge in [-0.1, -0.05) is 59.8 Å². The van der Waals surface area contributed by atoms with Gasteiger partial charge in [0.05, 0.1) is 18.8 Å². The molecule has 1 aromatic heterocycles. The van der Waals surface area contributed by atoms with Gasteiger partial charge in [-0.05, 0) is 42.0 Å². The Bertz CT molecular complexity index is 977. The number of hydrogen-bond donors (Lipinski definition) is 0. The van der Waals surface area contributed by atoms with Gasteiger partial charge >= 0.3 is 0 Å².